The highest BCUT2D eigenvalue weighted by molar-refractivity contribution is 14.1. The molecular weight excluding hydrogens is 461 g/mol. The molecule has 2 bridgehead atoms. The summed E-state index contributed by atoms with van der Waals surface area (Å²) in [6, 6.07) is 24.3. The van der Waals surface area contributed by atoms with Crippen molar-refractivity contribution < 1.29 is 9.59 Å². The standard InChI is InChI=1S/C24H16INO2/c25-13-6-5-7-14(12-13)26-23(27)21-19-15-8-1-2-9-16(15)20(22(21)24(26)28)18-11-4-3-10-17(18)19/h1-12,19-22H/t19?,20?,21-,22+. The molecule has 1 fully saturated rings. The minimum absolute atomic E-state index is 0.0494. The van der Waals surface area contributed by atoms with Crippen molar-refractivity contribution >= 4 is 40.1 Å². The first-order valence-electron chi connectivity index (χ1n) is 9.48. The lowest BCUT2D eigenvalue weighted by atomic mass is 9.55. The average Bonchev–Trinajstić information content (AvgIpc) is 2.99. The van der Waals surface area contributed by atoms with Crippen molar-refractivity contribution in [3.63, 3.8) is 0 Å². The van der Waals surface area contributed by atoms with Crippen LogP contribution in [0.25, 0.3) is 0 Å². The van der Waals surface area contributed by atoms with Crippen molar-refractivity contribution in [1.82, 2.24) is 0 Å². The van der Waals surface area contributed by atoms with E-state index in [1.165, 1.54) is 27.2 Å². The summed E-state index contributed by atoms with van der Waals surface area (Å²) in [6.45, 7) is 0. The summed E-state index contributed by atoms with van der Waals surface area (Å²) >= 11 is 2.22. The number of amides is 2. The average molecular weight is 477 g/mol. The Balaban J connectivity index is 1.58. The predicted molar refractivity (Wildman–Crippen MR) is 115 cm³/mol. The van der Waals surface area contributed by atoms with Gasteiger partial charge in [0.25, 0.3) is 0 Å². The highest BCUT2D eigenvalue weighted by Gasteiger charge is 2.61. The zero-order chi connectivity index (χ0) is 19.0. The number of nitrogens with zero attached hydrogens (tertiary/aromatic N) is 1. The van der Waals surface area contributed by atoms with E-state index in [1.807, 2.05) is 48.5 Å². The summed E-state index contributed by atoms with van der Waals surface area (Å²) in [7, 11) is 0. The van der Waals surface area contributed by atoms with E-state index in [9.17, 15) is 9.59 Å². The number of rotatable bonds is 1. The lowest BCUT2D eigenvalue weighted by Crippen LogP contribution is -2.41. The Hall–Kier alpha value is -2.47. The van der Waals surface area contributed by atoms with Gasteiger partial charge in [-0.3, -0.25) is 9.59 Å². The number of hydrogen-bond donors (Lipinski definition) is 0. The largest absolute Gasteiger partial charge is 0.274 e. The number of carbonyl (C=O) groups excluding carboxylic acids is 2. The molecule has 4 heteroatoms. The lowest BCUT2D eigenvalue weighted by molar-refractivity contribution is -0.122. The molecule has 4 aliphatic rings. The van der Waals surface area contributed by atoms with Crippen LogP contribution >= 0.6 is 22.6 Å². The minimum atomic E-state index is -0.319. The van der Waals surface area contributed by atoms with Gasteiger partial charge in [-0.15, -0.1) is 0 Å². The van der Waals surface area contributed by atoms with Crippen molar-refractivity contribution in [3.05, 3.63) is 98.6 Å². The molecule has 0 unspecified atom stereocenters. The fourth-order valence-electron chi connectivity index (χ4n) is 5.55. The van der Waals surface area contributed by atoms with Crippen molar-refractivity contribution in [1.29, 1.82) is 0 Å². The van der Waals surface area contributed by atoms with Crippen LogP contribution in [0.1, 0.15) is 34.1 Å². The van der Waals surface area contributed by atoms with Gasteiger partial charge >= 0.3 is 0 Å². The Kier molecular flexibility index (Phi) is 3.39. The summed E-state index contributed by atoms with van der Waals surface area (Å²) in [5, 5.41) is 0. The van der Waals surface area contributed by atoms with E-state index < -0.39 is 0 Å². The molecule has 28 heavy (non-hydrogen) atoms. The van der Waals surface area contributed by atoms with E-state index in [1.54, 1.807) is 0 Å². The summed E-state index contributed by atoms with van der Waals surface area (Å²) < 4.78 is 1.01. The molecule has 3 aliphatic carbocycles. The Morgan fingerprint density at radius 1 is 0.643 bits per heavy atom. The van der Waals surface area contributed by atoms with E-state index in [0.717, 1.165) is 3.57 Å². The summed E-state index contributed by atoms with van der Waals surface area (Å²) in [5.41, 5.74) is 5.51. The number of carbonyl (C=O) groups is 2. The fraction of sp³-hybridized carbons (Fsp3) is 0.167. The van der Waals surface area contributed by atoms with Crippen LogP contribution in [-0.4, -0.2) is 11.8 Å². The zero-order valence-corrected chi connectivity index (χ0v) is 17.0. The molecular formula is C24H16INO2. The van der Waals surface area contributed by atoms with Crippen molar-refractivity contribution in [2.75, 3.05) is 4.90 Å². The van der Waals surface area contributed by atoms with Gasteiger partial charge in [-0.1, -0.05) is 54.6 Å². The number of hydrogen-bond acceptors (Lipinski definition) is 2. The molecule has 0 N–H and O–H groups in total. The van der Waals surface area contributed by atoms with Crippen LogP contribution in [0.5, 0.6) is 0 Å². The van der Waals surface area contributed by atoms with Crippen LogP contribution in [-0.2, 0) is 9.59 Å². The van der Waals surface area contributed by atoms with Crippen LogP contribution in [0.15, 0.2) is 72.8 Å². The van der Waals surface area contributed by atoms with Gasteiger partial charge in [0.2, 0.25) is 11.8 Å². The molecule has 2 atom stereocenters. The van der Waals surface area contributed by atoms with Crippen molar-refractivity contribution in [3.8, 4) is 0 Å². The molecule has 0 radical (unpaired) electrons. The van der Waals surface area contributed by atoms with E-state index >= 15 is 0 Å². The molecule has 1 heterocycles. The second kappa shape index (κ2) is 5.77. The molecule has 0 aromatic heterocycles. The first-order chi connectivity index (χ1) is 13.7. The molecule has 3 aromatic rings. The van der Waals surface area contributed by atoms with Crippen LogP contribution in [0.4, 0.5) is 5.69 Å². The number of halogens is 1. The second-order valence-electron chi connectivity index (χ2n) is 7.76. The number of imide groups is 1. The van der Waals surface area contributed by atoms with Gasteiger partial charge in [-0.05, 0) is 63.0 Å². The Labute approximate surface area is 176 Å². The smallest absolute Gasteiger partial charge is 0.238 e. The molecule has 1 aliphatic heterocycles. The van der Waals surface area contributed by atoms with Crippen molar-refractivity contribution in [2.24, 2.45) is 11.8 Å². The van der Waals surface area contributed by atoms with E-state index in [4.69, 9.17) is 0 Å². The monoisotopic (exact) mass is 477 g/mol. The summed E-state index contributed by atoms with van der Waals surface area (Å²) in [4.78, 5) is 28.6. The molecule has 136 valence electrons. The highest BCUT2D eigenvalue weighted by atomic mass is 127. The fourth-order valence-corrected chi connectivity index (χ4v) is 6.07. The number of benzene rings is 3. The Bertz CT molecular complexity index is 1060. The molecule has 3 aromatic carbocycles. The van der Waals surface area contributed by atoms with Gasteiger partial charge in [0.05, 0.1) is 17.5 Å². The third kappa shape index (κ3) is 1.99. The van der Waals surface area contributed by atoms with Gasteiger partial charge in [0.15, 0.2) is 0 Å². The normalized spacial score (nSPS) is 26.8. The third-order valence-electron chi connectivity index (χ3n) is 6.51. The topological polar surface area (TPSA) is 37.4 Å². The number of anilines is 1. The van der Waals surface area contributed by atoms with Gasteiger partial charge in [-0.25, -0.2) is 4.90 Å². The highest BCUT2D eigenvalue weighted by Crippen LogP contribution is 2.61. The summed E-state index contributed by atoms with van der Waals surface area (Å²) in [6.07, 6.45) is 0. The van der Waals surface area contributed by atoms with Gasteiger partial charge < -0.3 is 0 Å². The molecule has 3 nitrogen and oxygen atoms in total. The molecule has 0 saturated carbocycles. The predicted octanol–water partition coefficient (Wildman–Crippen LogP) is 4.69. The quantitative estimate of drug-likeness (QED) is 0.377. The Morgan fingerprint density at radius 3 is 1.54 bits per heavy atom. The first-order valence-corrected chi connectivity index (χ1v) is 10.6. The maximum Gasteiger partial charge on any atom is 0.238 e. The first kappa shape index (κ1) is 16.5. The van der Waals surface area contributed by atoms with E-state index in [0.29, 0.717) is 5.69 Å². The zero-order valence-electron chi connectivity index (χ0n) is 14.9. The van der Waals surface area contributed by atoms with Crippen molar-refractivity contribution in [2.45, 2.75) is 11.8 Å². The maximum absolute atomic E-state index is 13.6. The van der Waals surface area contributed by atoms with E-state index in [-0.39, 0.29) is 35.5 Å². The van der Waals surface area contributed by atoms with Gasteiger partial charge in [-0.2, -0.15) is 0 Å². The van der Waals surface area contributed by atoms with Gasteiger partial charge in [0.1, 0.15) is 0 Å². The Morgan fingerprint density at radius 2 is 1.11 bits per heavy atom. The van der Waals surface area contributed by atoms with E-state index in [2.05, 4.69) is 46.9 Å². The molecule has 0 spiro atoms. The SMILES string of the molecule is O=C1[C@@H]2C3c4ccccc4C(c4ccccc43)[C@@H]2C(=O)N1c1cccc(I)c1. The third-order valence-corrected chi connectivity index (χ3v) is 7.19. The molecule has 2 amide bonds. The summed E-state index contributed by atoms with van der Waals surface area (Å²) in [5.74, 6) is -0.856. The second-order valence-corrected chi connectivity index (χ2v) is 9.00. The van der Waals surface area contributed by atoms with Crippen LogP contribution in [0, 0.1) is 15.4 Å². The van der Waals surface area contributed by atoms with Crippen LogP contribution in [0.2, 0.25) is 0 Å². The minimum Gasteiger partial charge on any atom is -0.274 e. The van der Waals surface area contributed by atoms with Crippen LogP contribution < -0.4 is 4.90 Å². The van der Waals surface area contributed by atoms with Gasteiger partial charge in [0, 0.05) is 15.4 Å². The molecule has 7 rings (SSSR count). The maximum atomic E-state index is 13.6. The molecule has 1 saturated heterocycles. The lowest BCUT2D eigenvalue weighted by Gasteiger charge is -2.45. The van der Waals surface area contributed by atoms with Crippen LogP contribution in [0.3, 0.4) is 0 Å².